The zero-order chi connectivity index (χ0) is 21.6. The van der Waals surface area contributed by atoms with Crippen LogP contribution < -0.4 is 5.32 Å². The topological polar surface area (TPSA) is 67.2 Å². The zero-order valence-corrected chi connectivity index (χ0v) is 21.6. The van der Waals surface area contributed by atoms with Crippen LogP contribution in [-0.4, -0.2) is 78.1 Å². The van der Waals surface area contributed by atoms with Crippen LogP contribution in [-0.2, 0) is 29.6 Å². The molecule has 0 saturated carbocycles. The molecule has 1 aromatic carbocycles. The van der Waals surface area contributed by atoms with Gasteiger partial charge in [-0.3, -0.25) is 14.6 Å². The summed E-state index contributed by atoms with van der Waals surface area (Å²) in [5.41, 5.74) is 3.70. The van der Waals surface area contributed by atoms with Crippen molar-refractivity contribution in [1.29, 1.82) is 0 Å². The lowest BCUT2D eigenvalue weighted by molar-refractivity contribution is -0.0212. The third kappa shape index (κ3) is 6.66. The quantitative estimate of drug-likeness (QED) is 0.348. The number of aryl methyl sites for hydroxylation is 1. The lowest BCUT2D eigenvalue weighted by Crippen LogP contribution is -2.47. The molecule has 32 heavy (non-hydrogen) atoms. The molecule has 2 aliphatic rings. The number of halogens is 1. The van der Waals surface area contributed by atoms with Gasteiger partial charge < -0.3 is 19.7 Å². The number of guanidine groups is 1. The fourth-order valence-corrected chi connectivity index (χ4v) is 4.29. The molecule has 176 valence electrons. The van der Waals surface area contributed by atoms with Crippen molar-refractivity contribution in [2.45, 2.75) is 32.2 Å². The Labute approximate surface area is 208 Å². The molecule has 2 aromatic rings. The number of aliphatic imine (C=N–C) groups is 1. The summed E-state index contributed by atoms with van der Waals surface area (Å²) in [6.45, 7) is 8.92. The first kappa shape index (κ1) is 24.9. The van der Waals surface area contributed by atoms with Crippen molar-refractivity contribution in [3.63, 3.8) is 0 Å². The number of benzene rings is 1. The van der Waals surface area contributed by atoms with E-state index in [0.717, 1.165) is 57.4 Å². The standard InChI is InChI=1S/C23H34N6O2.HI/c1-18-14-28(7-9-30-18)15-20-6-4-5-19(11-20)12-25-23(24-2)29-8-10-31-22(17-29)21-13-26-27(3)16-21;/h4-6,11,13,16,18,22H,7-10,12,14-15,17H2,1-3H3,(H,24,25);1H. The van der Waals surface area contributed by atoms with Gasteiger partial charge in [-0.15, -0.1) is 24.0 Å². The van der Waals surface area contributed by atoms with Crippen LogP contribution in [0.5, 0.6) is 0 Å². The van der Waals surface area contributed by atoms with E-state index in [2.05, 4.69) is 56.4 Å². The first-order chi connectivity index (χ1) is 15.1. The van der Waals surface area contributed by atoms with Gasteiger partial charge in [-0.05, 0) is 18.1 Å². The number of rotatable bonds is 5. The van der Waals surface area contributed by atoms with Crippen molar-refractivity contribution in [3.8, 4) is 0 Å². The zero-order valence-electron chi connectivity index (χ0n) is 19.2. The van der Waals surface area contributed by atoms with Crippen LogP contribution in [0.2, 0.25) is 0 Å². The summed E-state index contributed by atoms with van der Waals surface area (Å²) < 4.78 is 13.4. The highest BCUT2D eigenvalue weighted by atomic mass is 127. The summed E-state index contributed by atoms with van der Waals surface area (Å²) in [5, 5.41) is 7.81. The van der Waals surface area contributed by atoms with Gasteiger partial charge >= 0.3 is 0 Å². The van der Waals surface area contributed by atoms with E-state index >= 15 is 0 Å². The minimum Gasteiger partial charge on any atom is -0.376 e. The maximum Gasteiger partial charge on any atom is 0.194 e. The Hall–Kier alpha value is -1.69. The van der Waals surface area contributed by atoms with E-state index in [-0.39, 0.29) is 30.1 Å². The first-order valence-corrected chi connectivity index (χ1v) is 11.1. The Bertz CT molecular complexity index is 889. The van der Waals surface area contributed by atoms with E-state index in [1.165, 1.54) is 11.1 Å². The largest absolute Gasteiger partial charge is 0.376 e. The average Bonchev–Trinajstić information content (AvgIpc) is 3.21. The number of hydrogen-bond acceptors (Lipinski definition) is 5. The lowest BCUT2D eigenvalue weighted by Gasteiger charge is -2.34. The number of hydrogen-bond donors (Lipinski definition) is 1. The number of nitrogens with one attached hydrogen (secondary N) is 1. The molecule has 4 rings (SSSR count). The lowest BCUT2D eigenvalue weighted by atomic mass is 10.1. The van der Waals surface area contributed by atoms with E-state index in [9.17, 15) is 0 Å². The van der Waals surface area contributed by atoms with E-state index in [0.29, 0.717) is 12.7 Å². The SMILES string of the molecule is CN=C(NCc1cccc(CN2CCOC(C)C2)c1)N1CCOC(c2cnn(C)c2)C1.I. The maximum absolute atomic E-state index is 5.97. The van der Waals surface area contributed by atoms with Crippen LogP contribution >= 0.6 is 24.0 Å². The van der Waals surface area contributed by atoms with Crippen LogP contribution in [0.1, 0.15) is 29.7 Å². The fourth-order valence-electron chi connectivity index (χ4n) is 4.29. The predicted octanol–water partition coefficient (Wildman–Crippen LogP) is 2.41. The minimum absolute atomic E-state index is 0. The van der Waals surface area contributed by atoms with Gasteiger partial charge in [0, 0.05) is 58.6 Å². The second-order valence-corrected chi connectivity index (χ2v) is 8.39. The van der Waals surface area contributed by atoms with Gasteiger partial charge in [0.1, 0.15) is 6.10 Å². The number of morpholine rings is 2. The summed E-state index contributed by atoms with van der Waals surface area (Å²) >= 11 is 0. The average molecular weight is 554 g/mol. The molecule has 1 N–H and O–H groups in total. The molecule has 0 aliphatic carbocycles. The molecule has 2 aliphatic heterocycles. The molecular weight excluding hydrogens is 519 g/mol. The van der Waals surface area contributed by atoms with Crippen LogP contribution in [0, 0.1) is 0 Å². The number of nitrogens with zero attached hydrogens (tertiary/aromatic N) is 5. The molecule has 0 radical (unpaired) electrons. The number of ether oxygens (including phenoxy) is 2. The van der Waals surface area contributed by atoms with E-state index in [4.69, 9.17) is 9.47 Å². The van der Waals surface area contributed by atoms with Crippen molar-refractivity contribution >= 4 is 29.9 Å². The highest BCUT2D eigenvalue weighted by Gasteiger charge is 2.25. The second-order valence-electron chi connectivity index (χ2n) is 8.39. The Kier molecular flexibility index (Phi) is 9.33. The maximum atomic E-state index is 5.97. The predicted molar refractivity (Wildman–Crippen MR) is 136 cm³/mol. The van der Waals surface area contributed by atoms with Crippen molar-refractivity contribution in [2.75, 3.05) is 46.4 Å². The Balaban J connectivity index is 0.00000289. The van der Waals surface area contributed by atoms with Gasteiger partial charge in [-0.1, -0.05) is 24.3 Å². The van der Waals surface area contributed by atoms with Gasteiger partial charge in [0.25, 0.3) is 0 Å². The Morgan fingerprint density at radius 1 is 1.19 bits per heavy atom. The molecule has 0 amide bonds. The first-order valence-electron chi connectivity index (χ1n) is 11.1. The molecule has 3 heterocycles. The molecule has 0 spiro atoms. The third-order valence-electron chi connectivity index (χ3n) is 5.85. The highest BCUT2D eigenvalue weighted by Crippen LogP contribution is 2.21. The van der Waals surface area contributed by atoms with Crippen LogP contribution in [0.15, 0.2) is 41.7 Å². The third-order valence-corrected chi connectivity index (χ3v) is 5.85. The molecule has 1 aromatic heterocycles. The molecule has 9 heteroatoms. The van der Waals surface area contributed by atoms with Crippen molar-refractivity contribution in [1.82, 2.24) is 24.9 Å². The molecule has 2 fully saturated rings. The Morgan fingerprint density at radius 3 is 2.75 bits per heavy atom. The highest BCUT2D eigenvalue weighted by molar-refractivity contribution is 14.0. The molecule has 8 nitrogen and oxygen atoms in total. The molecule has 0 bridgehead atoms. The van der Waals surface area contributed by atoms with Gasteiger partial charge in [-0.2, -0.15) is 5.10 Å². The van der Waals surface area contributed by atoms with Crippen LogP contribution in [0.25, 0.3) is 0 Å². The van der Waals surface area contributed by atoms with Crippen LogP contribution in [0.3, 0.4) is 0 Å². The van der Waals surface area contributed by atoms with Crippen LogP contribution in [0.4, 0.5) is 0 Å². The van der Waals surface area contributed by atoms with Gasteiger partial charge in [0.05, 0.1) is 32.1 Å². The molecule has 2 atom stereocenters. The van der Waals surface area contributed by atoms with E-state index in [1.807, 2.05) is 31.2 Å². The number of aromatic nitrogens is 2. The smallest absolute Gasteiger partial charge is 0.194 e. The summed E-state index contributed by atoms with van der Waals surface area (Å²) in [6.07, 6.45) is 4.22. The second kappa shape index (κ2) is 12.0. The fraction of sp³-hybridized carbons (Fsp3) is 0.565. The molecule has 2 saturated heterocycles. The summed E-state index contributed by atoms with van der Waals surface area (Å²) in [5.74, 6) is 0.907. The van der Waals surface area contributed by atoms with Gasteiger partial charge in [0.2, 0.25) is 0 Å². The molecular formula is C23H35IN6O2. The Morgan fingerprint density at radius 2 is 2.00 bits per heavy atom. The van der Waals surface area contributed by atoms with Gasteiger partial charge in [0.15, 0.2) is 5.96 Å². The van der Waals surface area contributed by atoms with Crippen molar-refractivity contribution < 1.29 is 9.47 Å². The summed E-state index contributed by atoms with van der Waals surface area (Å²) in [7, 11) is 3.77. The summed E-state index contributed by atoms with van der Waals surface area (Å²) in [4.78, 5) is 9.25. The van der Waals surface area contributed by atoms with E-state index in [1.54, 1.807) is 0 Å². The van der Waals surface area contributed by atoms with E-state index < -0.39 is 0 Å². The minimum atomic E-state index is 0. The van der Waals surface area contributed by atoms with Gasteiger partial charge in [-0.25, -0.2) is 0 Å². The normalized spacial score (nSPS) is 22.5. The molecule has 2 unspecified atom stereocenters. The van der Waals surface area contributed by atoms with Crippen molar-refractivity contribution in [3.05, 3.63) is 53.3 Å². The van der Waals surface area contributed by atoms with Crippen molar-refractivity contribution in [2.24, 2.45) is 12.0 Å². The summed E-state index contributed by atoms with van der Waals surface area (Å²) in [6, 6.07) is 8.81. The monoisotopic (exact) mass is 554 g/mol.